The Kier molecular flexibility index (Phi) is 10.6. The second-order valence-electron chi connectivity index (χ2n) is 9.70. The molecule has 0 spiro atoms. The number of carbonyl (C=O) groups is 2. The Balaban J connectivity index is 1.58. The van der Waals surface area contributed by atoms with Crippen molar-refractivity contribution >= 4 is 34.3 Å². The van der Waals surface area contributed by atoms with Gasteiger partial charge in [0.15, 0.2) is 11.5 Å². The number of amides is 2. The molecule has 0 unspecified atom stereocenters. The van der Waals surface area contributed by atoms with Gasteiger partial charge in [0.2, 0.25) is 5.91 Å². The standard InChI is InChI=1S/C32H36ClN3O5/c1-39-17-7-15-36(32(38)24-8-6-9-26(33)19-24)22-31(37)35(21-23-12-13-29(40-2)30(18-23)41-3)16-14-25-20-34-28-11-5-4-10-27(25)28/h4-6,8-13,18-20,34H,7,14-17,21-22H2,1-3H3. The third kappa shape index (κ3) is 7.80. The predicted octanol–water partition coefficient (Wildman–Crippen LogP) is 5.59. The average Bonchev–Trinajstić information content (AvgIpc) is 3.41. The third-order valence-corrected chi connectivity index (χ3v) is 7.20. The number of rotatable bonds is 14. The minimum atomic E-state index is -0.250. The molecule has 9 heteroatoms. The van der Waals surface area contributed by atoms with Gasteiger partial charge >= 0.3 is 0 Å². The summed E-state index contributed by atoms with van der Waals surface area (Å²) in [6.45, 7) is 1.59. The van der Waals surface area contributed by atoms with E-state index < -0.39 is 0 Å². The van der Waals surface area contributed by atoms with Crippen molar-refractivity contribution in [3.63, 3.8) is 0 Å². The van der Waals surface area contributed by atoms with Crippen molar-refractivity contribution in [2.45, 2.75) is 19.4 Å². The van der Waals surface area contributed by atoms with E-state index in [2.05, 4.69) is 11.1 Å². The molecule has 0 aliphatic rings. The number of ether oxygens (including phenoxy) is 3. The Morgan fingerprint density at radius 1 is 0.878 bits per heavy atom. The van der Waals surface area contributed by atoms with Gasteiger partial charge in [0.25, 0.3) is 5.91 Å². The largest absolute Gasteiger partial charge is 0.493 e. The number of nitrogens with one attached hydrogen (secondary N) is 1. The zero-order chi connectivity index (χ0) is 29.2. The maximum absolute atomic E-state index is 13.9. The van der Waals surface area contributed by atoms with Gasteiger partial charge in [0, 0.05) is 61.0 Å². The van der Waals surface area contributed by atoms with Crippen molar-refractivity contribution in [3.05, 3.63) is 94.6 Å². The highest BCUT2D eigenvalue weighted by Gasteiger charge is 2.23. The van der Waals surface area contributed by atoms with E-state index in [0.717, 1.165) is 22.0 Å². The van der Waals surface area contributed by atoms with Crippen LogP contribution >= 0.6 is 11.6 Å². The second kappa shape index (κ2) is 14.6. The van der Waals surface area contributed by atoms with E-state index in [1.165, 1.54) is 0 Å². The zero-order valence-electron chi connectivity index (χ0n) is 23.7. The normalized spacial score (nSPS) is 10.9. The number of para-hydroxylation sites is 1. The van der Waals surface area contributed by atoms with E-state index in [1.807, 2.05) is 42.6 Å². The van der Waals surface area contributed by atoms with Gasteiger partial charge in [0.05, 0.1) is 14.2 Å². The van der Waals surface area contributed by atoms with Gasteiger partial charge in [-0.1, -0.05) is 41.9 Å². The molecule has 0 atom stereocenters. The number of carbonyl (C=O) groups excluding carboxylic acids is 2. The number of hydrogen-bond acceptors (Lipinski definition) is 5. The summed E-state index contributed by atoms with van der Waals surface area (Å²) < 4.78 is 16.1. The first kappa shape index (κ1) is 30.0. The van der Waals surface area contributed by atoms with E-state index in [-0.39, 0.29) is 18.4 Å². The first-order valence-electron chi connectivity index (χ1n) is 13.5. The van der Waals surface area contributed by atoms with Crippen LogP contribution in [0.2, 0.25) is 5.02 Å². The smallest absolute Gasteiger partial charge is 0.254 e. The number of fused-ring (bicyclic) bond motifs is 1. The molecule has 0 fully saturated rings. The Labute approximate surface area is 245 Å². The van der Waals surface area contributed by atoms with E-state index >= 15 is 0 Å². The molecule has 0 aliphatic heterocycles. The first-order valence-corrected chi connectivity index (χ1v) is 13.9. The third-order valence-electron chi connectivity index (χ3n) is 6.96. The Morgan fingerprint density at radius 3 is 2.44 bits per heavy atom. The lowest BCUT2D eigenvalue weighted by atomic mass is 10.1. The average molecular weight is 578 g/mol. The van der Waals surface area contributed by atoms with E-state index in [9.17, 15) is 9.59 Å². The van der Waals surface area contributed by atoms with Gasteiger partial charge in [-0.3, -0.25) is 9.59 Å². The van der Waals surface area contributed by atoms with Crippen LogP contribution < -0.4 is 9.47 Å². The summed E-state index contributed by atoms with van der Waals surface area (Å²) in [4.78, 5) is 34.0. The molecule has 216 valence electrons. The molecule has 2 amide bonds. The Bertz CT molecular complexity index is 1470. The summed E-state index contributed by atoms with van der Waals surface area (Å²) in [6, 6.07) is 20.5. The summed E-state index contributed by atoms with van der Waals surface area (Å²) in [5.74, 6) is 0.794. The van der Waals surface area contributed by atoms with Crippen molar-refractivity contribution in [2.24, 2.45) is 0 Å². The lowest BCUT2D eigenvalue weighted by molar-refractivity contribution is -0.132. The van der Waals surface area contributed by atoms with Gasteiger partial charge in [0.1, 0.15) is 6.54 Å². The molecule has 0 aliphatic carbocycles. The van der Waals surface area contributed by atoms with Crippen LogP contribution in [-0.2, 0) is 22.5 Å². The van der Waals surface area contributed by atoms with Crippen LogP contribution in [0.1, 0.15) is 27.9 Å². The van der Waals surface area contributed by atoms with Gasteiger partial charge in [-0.2, -0.15) is 0 Å². The summed E-state index contributed by atoms with van der Waals surface area (Å²) in [7, 11) is 4.79. The van der Waals surface area contributed by atoms with Crippen LogP contribution in [0.15, 0.2) is 72.9 Å². The zero-order valence-corrected chi connectivity index (χ0v) is 24.4. The lowest BCUT2D eigenvalue weighted by Gasteiger charge is -2.28. The highest BCUT2D eigenvalue weighted by molar-refractivity contribution is 6.31. The minimum absolute atomic E-state index is 0.0732. The van der Waals surface area contributed by atoms with Crippen LogP contribution in [0.3, 0.4) is 0 Å². The number of aromatic nitrogens is 1. The van der Waals surface area contributed by atoms with Crippen LogP contribution in [0, 0.1) is 0 Å². The SMILES string of the molecule is COCCCN(CC(=O)N(CCc1c[nH]c2ccccc12)Cc1ccc(OC)c(OC)c1)C(=O)c1cccc(Cl)c1. The molecule has 3 aromatic carbocycles. The predicted molar refractivity (Wildman–Crippen MR) is 161 cm³/mol. The fourth-order valence-corrected chi connectivity index (χ4v) is 4.99. The number of hydrogen-bond donors (Lipinski definition) is 1. The minimum Gasteiger partial charge on any atom is -0.493 e. The molecule has 0 saturated carbocycles. The molecular weight excluding hydrogens is 542 g/mol. The molecule has 0 saturated heterocycles. The lowest BCUT2D eigenvalue weighted by Crippen LogP contribution is -2.44. The number of methoxy groups -OCH3 is 3. The molecule has 1 aromatic heterocycles. The quantitative estimate of drug-likeness (QED) is 0.198. The van der Waals surface area contributed by atoms with Crippen LogP contribution in [-0.4, -0.2) is 74.2 Å². The number of aromatic amines is 1. The molecule has 41 heavy (non-hydrogen) atoms. The number of halogens is 1. The van der Waals surface area contributed by atoms with Gasteiger partial charge in [-0.05, 0) is 60.4 Å². The first-order chi connectivity index (χ1) is 19.9. The summed E-state index contributed by atoms with van der Waals surface area (Å²) in [5, 5.41) is 1.59. The van der Waals surface area contributed by atoms with E-state index in [1.54, 1.807) is 55.4 Å². The van der Waals surface area contributed by atoms with Gasteiger partial charge in [-0.15, -0.1) is 0 Å². The van der Waals surface area contributed by atoms with Crippen LogP contribution in [0.5, 0.6) is 11.5 Å². The molecular formula is C32H36ClN3O5. The molecule has 0 bridgehead atoms. The Hall–Kier alpha value is -4.01. The molecule has 1 heterocycles. The fraction of sp³-hybridized carbons (Fsp3) is 0.312. The van der Waals surface area contributed by atoms with Gasteiger partial charge in [-0.25, -0.2) is 0 Å². The maximum atomic E-state index is 13.9. The van der Waals surface area contributed by atoms with Crippen LogP contribution in [0.4, 0.5) is 0 Å². The molecule has 0 radical (unpaired) electrons. The number of benzene rings is 3. The number of nitrogens with zero attached hydrogens (tertiary/aromatic N) is 2. The van der Waals surface area contributed by atoms with Crippen molar-refractivity contribution in [1.29, 1.82) is 0 Å². The van der Waals surface area contributed by atoms with E-state index in [4.69, 9.17) is 25.8 Å². The van der Waals surface area contributed by atoms with Crippen molar-refractivity contribution in [2.75, 3.05) is 47.6 Å². The van der Waals surface area contributed by atoms with Crippen molar-refractivity contribution in [1.82, 2.24) is 14.8 Å². The maximum Gasteiger partial charge on any atom is 0.254 e. The Morgan fingerprint density at radius 2 is 1.68 bits per heavy atom. The highest BCUT2D eigenvalue weighted by atomic mass is 35.5. The molecule has 4 rings (SSSR count). The second-order valence-corrected chi connectivity index (χ2v) is 10.1. The summed E-state index contributed by atoms with van der Waals surface area (Å²) in [5.41, 5.74) is 3.50. The molecule has 8 nitrogen and oxygen atoms in total. The monoisotopic (exact) mass is 577 g/mol. The molecule has 1 N–H and O–H groups in total. The highest BCUT2D eigenvalue weighted by Crippen LogP contribution is 2.28. The van der Waals surface area contributed by atoms with Crippen molar-refractivity contribution in [3.8, 4) is 11.5 Å². The topological polar surface area (TPSA) is 84.1 Å². The number of H-pyrrole nitrogens is 1. The van der Waals surface area contributed by atoms with Crippen molar-refractivity contribution < 1.29 is 23.8 Å². The van der Waals surface area contributed by atoms with Crippen LogP contribution in [0.25, 0.3) is 10.9 Å². The van der Waals surface area contributed by atoms with E-state index in [0.29, 0.717) is 61.2 Å². The van der Waals surface area contributed by atoms with Gasteiger partial charge < -0.3 is 29.0 Å². The summed E-state index contributed by atoms with van der Waals surface area (Å²) >= 11 is 6.16. The fourth-order valence-electron chi connectivity index (χ4n) is 4.80. The summed E-state index contributed by atoms with van der Waals surface area (Å²) in [6.07, 6.45) is 3.24. The molecule has 4 aromatic rings.